The van der Waals surface area contributed by atoms with Crippen LogP contribution in [0.25, 0.3) is 0 Å². The van der Waals surface area contributed by atoms with Crippen LogP contribution in [0.5, 0.6) is 5.75 Å². The van der Waals surface area contributed by atoms with Gasteiger partial charge < -0.3 is 14.7 Å². The van der Waals surface area contributed by atoms with Crippen molar-refractivity contribution in [1.29, 1.82) is 0 Å². The number of carbonyl (C=O) groups excluding carboxylic acids is 1. The van der Waals surface area contributed by atoms with Gasteiger partial charge in [-0.3, -0.25) is 9.59 Å². The highest BCUT2D eigenvalue weighted by Gasteiger charge is 2.31. The van der Waals surface area contributed by atoms with Gasteiger partial charge in [0, 0.05) is 12.1 Å². The standard InChI is InChI=1S/C13H14F3NO4/c1-2-7-17(8-11(18)19)12(20)9-3-5-10(6-4-9)21-13(14,15)16/h3-6H,2,7-8H2,1H3,(H,18,19). The summed E-state index contributed by atoms with van der Waals surface area (Å²) >= 11 is 0. The summed E-state index contributed by atoms with van der Waals surface area (Å²) in [6.45, 7) is 1.56. The van der Waals surface area contributed by atoms with E-state index in [1.54, 1.807) is 6.92 Å². The van der Waals surface area contributed by atoms with Crippen LogP contribution in [0.15, 0.2) is 24.3 Å². The van der Waals surface area contributed by atoms with Crippen LogP contribution in [-0.2, 0) is 4.79 Å². The van der Waals surface area contributed by atoms with E-state index in [4.69, 9.17) is 5.11 Å². The summed E-state index contributed by atoms with van der Waals surface area (Å²) in [5, 5.41) is 8.74. The number of amides is 1. The molecule has 1 amide bonds. The molecule has 0 radical (unpaired) electrons. The summed E-state index contributed by atoms with van der Waals surface area (Å²) in [4.78, 5) is 23.9. The molecule has 0 spiro atoms. The maximum Gasteiger partial charge on any atom is 0.573 e. The topological polar surface area (TPSA) is 66.8 Å². The number of halogens is 3. The van der Waals surface area contributed by atoms with Gasteiger partial charge in [-0.2, -0.15) is 0 Å². The first-order valence-electron chi connectivity index (χ1n) is 6.10. The second-order valence-electron chi connectivity index (χ2n) is 4.19. The summed E-state index contributed by atoms with van der Waals surface area (Å²) in [6.07, 6.45) is -4.24. The van der Waals surface area contributed by atoms with Gasteiger partial charge in [0.2, 0.25) is 0 Å². The van der Waals surface area contributed by atoms with Gasteiger partial charge in [-0.1, -0.05) is 6.92 Å². The highest BCUT2D eigenvalue weighted by Crippen LogP contribution is 2.23. The third-order valence-corrected chi connectivity index (χ3v) is 2.44. The Morgan fingerprint density at radius 1 is 1.24 bits per heavy atom. The van der Waals surface area contributed by atoms with E-state index in [2.05, 4.69) is 4.74 Å². The predicted molar refractivity (Wildman–Crippen MR) is 67.0 cm³/mol. The number of carboxylic acid groups (broad SMARTS) is 1. The molecule has 1 rings (SSSR count). The van der Waals surface area contributed by atoms with Gasteiger partial charge in [0.05, 0.1) is 0 Å². The van der Waals surface area contributed by atoms with Gasteiger partial charge in [-0.05, 0) is 30.7 Å². The molecular formula is C13H14F3NO4. The van der Waals surface area contributed by atoms with Crippen LogP contribution in [0.1, 0.15) is 23.7 Å². The fourth-order valence-electron chi connectivity index (χ4n) is 1.67. The number of carboxylic acids is 1. The Morgan fingerprint density at radius 2 is 1.81 bits per heavy atom. The molecule has 0 aliphatic carbocycles. The Labute approximate surface area is 118 Å². The van der Waals surface area contributed by atoms with Crippen molar-refractivity contribution in [2.75, 3.05) is 13.1 Å². The van der Waals surface area contributed by atoms with Gasteiger partial charge >= 0.3 is 12.3 Å². The van der Waals surface area contributed by atoms with E-state index in [0.717, 1.165) is 29.2 Å². The summed E-state index contributed by atoms with van der Waals surface area (Å²) in [6, 6.07) is 4.33. The monoisotopic (exact) mass is 305 g/mol. The maximum atomic E-state index is 12.1. The normalized spacial score (nSPS) is 11.0. The number of carbonyl (C=O) groups is 2. The zero-order valence-electron chi connectivity index (χ0n) is 11.2. The molecule has 0 saturated heterocycles. The van der Waals surface area contributed by atoms with Gasteiger partial charge in [0.15, 0.2) is 0 Å². The molecule has 21 heavy (non-hydrogen) atoms. The SMILES string of the molecule is CCCN(CC(=O)O)C(=O)c1ccc(OC(F)(F)F)cc1. The van der Waals surface area contributed by atoms with E-state index in [9.17, 15) is 22.8 Å². The number of hydrogen-bond acceptors (Lipinski definition) is 3. The van der Waals surface area contributed by atoms with Gasteiger partial charge in [-0.15, -0.1) is 13.2 Å². The van der Waals surface area contributed by atoms with E-state index >= 15 is 0 Å². The fraction of sp³-hybridized carbons (Fsp3) is 0.385. The number of alkyl halides is 3. The Balaban J connectivity index is 2.83. The number of nitrogens with zero attached hydrogens (tertiary/aromatic N) is 1. The second-order valence-corrected chi connectivity index (χ2v) is 4.19. The molecule has 1 N–H and O–H groups in total. The minimum absolute atomic E-state index is 0.0965. The van der Waals surface area contributed by atoms with Crippen LogP contribution >= 0.6 is 0 Å². The van der Waals surface area contributed by atoms with Crippen LogP contribution in [-0.4, -0.2) is 41.3 Å². The van der Waals surface area contributed by atoms with Crippen LogP contribution in [0, 0.1) is 0 Å². The van der Waals surface area contributed by atoms with Crippen LogP contribution in [0.3, 0.4) is 0 Å². The van der Waals surface area contributed by atoms with E-state index in [1.165, 1.54) is 0 Å². The molecule has 0 bridgehead atoms. The lowest BCUT2D eigenvalue weighted by molar-refractivity contribution is -0.274. The first-order valence-corrected chi connectivity index (χ1v) is 6.10. The van der Waals surface area contributed by atoms with Crippen LogP contribution in [0.4, 0.5) is 13.2 Å². The van der Waals surface area contributed by atoms with E-state index in [-0.39, 0.29) is 12.1 Å². The molecule has 0 aliphatic heterocycles. The largest absolute Gasteiger partial charge is 0.573 e. The van der Waals surface area contributed by atoms with Crippen molar-refractivity contribution in [3.63, 3.8) is 0 Å². The number of benzene rings is 1. The average Bonchev–Trinajstić information content (AvgIpc) is 2.36. The van der Waals surface area contributed by atoms with E-state index in [1.807, 2.05) is 0 Å². The lowest BCUT2D eigenvalue weighted by atomic mass is 10.2. The van der Waals surface area contributed by atoms with Crippen molar-refractivity contribution in [3.05, 3.63) is 29.8 Å². The van der Waals surface area contributed by atoms with Gasteiger partial charge in [0.25, 0.3) is 5.91 Å². The lowest BCUT2D eigenvalue weighted by Gasteiger charge is -2.20. The summed E-state index contributed by atoms with van der Waals surface area (Å²) in [5.74, 6) is -2.16. The third kappa shape index (κ3) is 5.72. The average molecular weight is 305 g/mol. The highest BCUT2D eigenvalue weighted by molar-refractivity contribution is 5.95. The van der Waals surface area contributed by atoms with E-state index in [0.29, 0.717) is 6.42 Å². The molecule has 0 unspecified atom stereocenters. The maximum absolute atomic E-state index is 12.1. The minimum Gasteiger partial charge on any atom is -0.480 e. The summed E-state index contributed by atoms with van der Waals surface area (Å²) < 4.78 is 39.7. The molecular weight excluding hydrogens is 291 g/mol. The Kier molecular flexibility index (Phi) is 5.57. The van der Waals surface area contributed by atoms with Crippen molar-refractivity contribution in [3.8, 4) is 5.75 Å². The van der Waals surface area contributed by atoms with Crippen molar-refractivity contribution in [1.82, 2.24) is 4.90 Å². The second kappa shape index (κ2) is 6.96. The van der Waals surface area contributed by atoms with Gasteiger partial charge in [-0.25, -0.2) is 0 Å². The Morgan fingerprint density at radius 3 is 2.24 bits per heavy atom. The summed E-state index contributed by atoms with van der Waals surface area (Å²) in [7, 11) is 0. The van der Waals surface area contributed by atoms with Crippen molar-refractivity contribution in [2.24, 2.45) is 0 Å². The predicted octanol–water partition coefficient (Wildman–Crippen LogP) is 2.52. The molecule has 0 heterocycles. The van der Waals surface area contributed by atoms with Crippen molar-refractivity contribution >= 4 is 11.9 Å². The minimum atomic E-state index is -4.80. The molecule has 0 fully saturated rings. The molecule has 8 heteroatoms. The lowest BCUT2D eigenvalue weighted by Crippen LogP contribution is -2.36. The van der Waals surface area contributed by atoms with Crippen molar-refractivity contribution < 1.29 is 32.6 Å². The number of rotatable bonds is 6. The number of hydrogen-bond donors (Lipinski definition) is 1. The molecule has 0 aromatic heterocycles. The van der Waals surface area contributed by atoms with Crippen LogP contribution < -0.4 is 4.74 Å². The molecule has 0 atom stereocenters. The zero-order chi connectivity index (χ0) is 16.0. The first kappa shape index (κ1) is 16.8. The third-order valence-electron chi connectivity index (χ3n) is 2.44. The van der Waals surface area contributed by atoms with Crippen molar-refractivity contribution in [2.45, 2.75) is 19.7 Å². The molecule has 5 nitrogen and oxygen atoms in total. The molecule has 0 aliphatic rings. The molecule has 0 saturated carbocycles. The molecule has 116 valence electrons. The van der Waals surface area contributed by atoms with Gasteiger partial charge in [0.1, 0.15) is 12.3 Å². The molecule has 1 aromatic carbocycles. The smallest absolute Gasteiger partial charge is 0.480 e. The number of ether oxygens (including phenoxy) is 1. The molecule has 1 aromatic rings. The van der Waals surface area contributed by atoms with E-state index < -0.39 is 30.5 Å². The highest BCUT2D eigenvalue weighted by atomic mass is 19.4. The first-order chi connectivity index (χ1) is 9.73. The number of aliphatic carboxylic acids is 1. The fourth-order valence-corrected chi connectivity index (χ4v) is 1.67. The Bertz CT molecular complexity index is 499. The summed E-state index contributed by atoms with van der Waals surface area (Å²) in [5.41, 5.74) is 0.0965. The van der Waals surface area contributed by atoms with Crippen LogP contribution in [0.2, 0.25) is 0 Å². The Hall–Kier alpha value is -2.25. The zero-order valence-corrected chi connectivity index (χ0v) is 11.2. The quantitative estimate of drug-likeness (QED) is 0.877.